The molecule has 148 valence electrons. The van der Waals surface area contributed by atoms with E-state index in [1.807, 2.05) is 0 Å². The molecule has 1 saturated carbocycles. The highest BCUT2D eigenvalue weighted by Gasteiger charge is 2.36. The van der Waals surface area contributed by atoms with Crippen LogP contribution in [-0.4, -0.2) is 48.4 Å². The van der Waals surface area contributed by atoms with Crippen LogP contribution in [0.2, 0.25) is 0 Å². The molecule has 0 bridgehead atoms. The highest BCUT2D eigenvalue weighted by Crippen LogP contribution is 2.36. The molecule has 0 unspecified atom stereocenters. The van der Waals surface area contributed by atoms with Crippen LogP contribution < -0.4 is 15.4 Å². The molecule has 1 aliphatic carbocycles. The van der Waals surface area contributed by atoms with E-state index in [4.69, 9.17) is 9.72 Å². The molecule has 2 aromatic rings. The van der Waals surface area contributed by atoms with Crippen LogP contribution in [-0.2, 0) is 11.2 Å². The van der Waals surface area contributed by atoms with Gasteiger partial charge in [-0.05, 0) is 43.6 Å². The van der Waals surface area contributed by atoms with Gasteiger partial charge in [-0.1, -0.05) is 30.3 Å². The van der Waals surface area contributed by atoms with Crippen LogP contribution >= 0.6 is 0 Å². The van der Waals surface area contributed by atoms with E-state index < -0.39 is 0 Å². The number of hydrogen-bond acceptors (Lipinski definition) is 5. The molecule has 5 rings (SSSR count). The van der Waals surface area contributed by atoms with Gasteiger partial charge in [-0.3, -0.25) is 9.78 Å². The van der Waals surface area contributed by atoms with Gasteiger partial charge in [0.05, 0.1) is 12.7 Å². The summed E-state index contributed by atoms with van der Waals surface area (Å²) in [6, 6.07) is 12.6. The van der Waals surface area contributed by atoms with E-state index in [9.17, 15) is 4.79 Å². The zero-order valence-corrected chi connectivity index (χ0v) is 16.2. The van der Waals surface area contributed by atoms with Gasteiger partial charge in [-0.15, -0.1) is 0 Å². The molecule has 0 radical (unpaired) electrons. The predicted octanol–water partition coefficient (Wildman–Crippen LogP) is 2.60. The molecular formula is C22H28N4O2. The first-order valence-corrected chi connectivity index (χ1v) is 10.5. The van der Waals surface area contributed by atoms with Gasteiger partial charge in [0.15, 0.2) is 0 Å². The Kier molecular flexibility index (Phi) is 4.81. The normalized spacial score (nSPS) is 25.3. The SMILES string of the molecule is O=c1cc(N2CCO[C@H](C3CC3)C2)nc(N2CCC[C@@H]2Cc2ccccc2)[nH]1. The summed E-state index contributed by atoms with van der Waals surface area (Å²) in [5.74, 6) is 2.20. The monoisotopic (exact) mass is 380 g/mol. The fourth-order valence-electron chi connectivity index (χ4n) is 4.58. The molecule has 0 spiro atoms. The number of morpholine rings is 1. The first-order valence-electron chi connectivity index (χ1n) is 10.5. The highest BCUT2D eigenvalue weighted by atomic mass is 16.5. The molecule has 3 heterocycles. The molecule has 2 atom stereocenters. The van der Waals surface area contributed by atoms with Crippen LogP contribution in [0.4, 0.5) is 11.8 Å². The number of nitrogens with zero attached hydrogens (tertiary/aromatic N) is 3. The van der Waals surface area contributed by atoms with E-state index in [2.05, 4.69) is 45.1 Å². The van der Waals surface area contributed by atoms with Crippen molar-refractivity contribution in [2.75, 3.05) is 36.0 Å². The number of aromatic amines is 1. The van der Waals surface area contributed by atoms with Crippen LogP contribution in [0.3, 0.4) is 0 Å². The van der Waals surface area contributed by atoms with Gasteiger partial charge in [0.1, 0.15) is 5.82 Å². The second-order valence-corrected chi connectivity index (χ2v) is 8.30. The van der Waals surface area contributed by atoms with Gasteiger partial charge < -0.3 is 14.5 Å². The van der Waals surface area contributed by atoms with E-state index in [0.717, 1.165) is 50.7 Å². The van der Waals surface area contributed by atoms with E-state index in [1.165, 1.54) is 18.4 Å². The van der Waals surface area contributed by atoms with Crippen LogP contribution in [0.1, 0.15) is 31.2 Å². The zero-order valence-electron chi connectivity index (χ0n) is 16.2. The Bertz CT molecular complexity index is 864. The van der Waals surface area contributed by atoms with Crippen molar-refractivity contribution >= 4 is 11.8 Å². The maximum absolute atomic E-state index is 12.4. The summed E-state index contributed by atoms with van der Waals surface area (Å²) in [4.78, 5) is 24.8. The summed E-state index contributed by atoms with van der Waals surface area (Å²) in [5.41, 5.74) is 1.26. The molecule has 1 aromatic heterocycles. The van der Waals surface area contributed by atoms with E-state index in [-0.39, 0.29) is 11.7 Å². The lowest BCUT2D eigenvalue weighted by Crippen LogP contribution is -2.44. The molecule has 2 saturated heterocycles. The van der Waals surface area contributed by atoms with Crippen LogP contribution in [0.15, 0.2) is 41.2 Å². The number of ether oxygens (including phenoxy) is 1. The number of H-pyrrole nitrogens is 1. The van der Waals surface area contributed by atoms with Crippen LogP contribution in [0.5, 0.6) is 0 Å². The van der Waals surface area contributed by atoms with Crippen molar-refractivity contribution in [3.05, 3.63) is 52.3 Å². The second kappa shape index (κ2) is 7.59. The second-order valence-electron chi connectivity index (χ2n) is 8.30. The van der Waals surface area contributed by atoms with Crippen molar-refractivity contribution in [1.82, 2.24) is 9.97 Å². The molecule has 28 heavy (non-hydrogen) atoms. The first-order chi connectivity index (χ1) is 13.8. The standard InChI is InChI=1S/C22H28N4O2/c27-21-14-20(25-11-12-28-19(15-25)17-8-9-17)23-22(24-21)26-10-4-7-18(26)13-16-5-2-1-3-6-16/h1-3,5-6,14,17-19H,4,7-13,15H2,(H,23,24,27)/t18-,19+/m1/s1. The summed E-state index contributed by atoms with van der Waals surface area (Å²) < 4.78 is 5.93. The third kappa shape index (κ3) is 3.78. The van der Waals surface area contributed by atoms with Crippen LogP contribution in [0, 0.1) is 5.92 Å². The van der Waals surface area contributed by atoms with Gasteiger partial charge in [0.2, 0.25) is 5.95 Å². The highest BCUT2D eigenvalue weighted by molar-refractivity contribution is 5.45. The predicted molar refractivity (Wildman–Crippen MR) is 110 cm³/mol. The van der Waals surface area contributed by atoms with Crippen molar-refractivity contribution in [3.8, 4) is 0 Å². The molecule has 6 heteroatoms. The maximum atomic E-state index is 12.4. The Morgan fingerprint density at radius 3 is 2.82 bits per heavy atom. The maximum Gasteiger partial charge on any atom is 0.254 e. The Morgan fingerprint density at radius 1 is 1.14 bits per heavy atom. The molecule has 3 fully saturated rings. The van der Waals surface area contributed by atoms with E-state index >= 15 is 0 Å². The number of hydrogen-bond donors (Lipinski definition) is 1. The summed E-state index contributed by atoms with van der Waals surface area (Å²) in [7, 11) is 0. The first kappa shape index (κ1) is 17.7. The number of nitrogens with one attached hydrogen (secondary N) is 1. The van der Waals surface area contributed by atoms with Crippen molar-refractivity contribution in [3.63, 3.8) is 0 Å². The third-order valence-electron chi connectivity index (χ3n) is 6.24. The Morgan fingerprint density at radius 2 is 2.00 bits per heavy atom. The fraction of sp³-hybridized carbons (Fsp3) is 0.545. The summed E-state index contributed by atoms with van der Waals surface area (Å²) >= 11 is 0. The van der Waals surface area contributed by atoms with Crippen molar-refractivity contribution in [1.29, 1.82) is 0 Å². The van der Waals surface area contributed by atoms with Gasteiger partial charge in [0.25, 0.3) is 5.56 Å². The minimum Gasteiger partial charge on any atom is -0.374 e. The van der Waals surface area contributed by atoms with Crippen LogP contribution in [0.25, 0.3) is 0 Å². The van der Waals surface area contributed by atoms with Gasteiger partial charge in [0, 0.05) is 31.7 Å². The quantitative estimate of drug-likeness (QED) is 0.864. The topological polar surface area (TPSA) is 61.5 Å². The smallest absolute Gasteiger partial charge is 0.254 e. The number of anilines is 2. The van der Waals surface area contributed by atoms with E-state index in [0.29, 0.717) is 18.6 Å². The number of rotatable bonds is 5. The average molecular weight is 380 g/mol. The zero-order chi connectivity index (χ0) is 18.9. The minimum absolute atomic E-state index is 0.0696. The van der Waals surface area contributed by atoms with Crippen molar-refractivity contribution < 1.29 is 4.74 Å². The molecule has 6 nitrogen and oxygen atoms in total. The molecule has 2 aliphatic heterocycles. The van der Waals surface area contributed by atoms with Crippen molar-refractivity contribution in [2.45, 2.75) is 44.2 Å². The minimum atomic E-state index is -0.0696. The fourth-order valence-corrected chi connectivity index (χ4v) is 4.58. The summed E-state index contributed by atoms with van der Waals surface area (Å²) in [6.45, 7) is 3.30. The molecule has 0 amide bonds. The lowest BCUT2D eigenvalue weighted by molar-refractivity contribution is 0.0261. The van der Waals surface area contributed by atoms with E-state index in [1.54, 1.807) is 6.07 Å². The van der Waals surface area contributed by atoms with Crippen molar-refractivity contribution in [2.24, 2.45) is 5.92 Å². The largest absolute Gasteiger partial charge is 0.374 e. The molecule has 1 N–H and O–H groups in total. The lowest BCUT2D eigenvalue weighted by Gasteiger charge is -2.34. The lowest BCUT2D eigenvalue weighted by atomic mass is 10.0. The molecular weight excluding hydrogens is 352 g/mol. The van der Waals surface area contributed by atoms with Gasteiger partial charge >= 0.3 is 0 Å². The summed E-state index contributed by atoms with van der Waals surface area (Å²) in [6.07, 6.45) is 6.06. The third-order valence-corrected chi connectivity index (χ3v) is 6.24. The summed E-state index contributed by atoms with van der Waals surface area (Å²) in [5, 5.41) is 0. The Hall–Kier alpha value is -2.34. The van der Waals surface area contributed by atoms with Gasteiger partial charge in [-0.2, -0.15) is 4.98 Å². The van der Waals surface area contributed by atoms with Gasteiger partial charge in [-0.25, -0.2) is 0 Å². The Labute approximate surface area is 165 Å². The number of aromatic nitrogens is 2. The average Bonchev–Trinajstić information content (AvgIpc) is 3.48. The number of benzene rings is 1. The Balaban J connectivity index is 1.36. The molecule has 1 aromatic carbocycles. The molecule has 3 aliphatic rings.